The molecule has 0 bridgehead atoms. The molecule has 0 saturated carbocycles. The van der Waals surface area contributed by atoms with Crippen LogP contribution in [0.15, 0.2) is 36.8 Å². The fourth-order valence-corrected chi connectivity index (χ4v) is 1.71. The van der Waals surface area contributed by atoms with E-state index in [4.69, 9.17) is 5.26 Å². The van der Waals surface area contributed by atoms with Crippen molar-refractivity contribution in [3.05, 3.63) is 47.9 Å². The van der Waals surface area contributed by atoms with Gasteiger partial charge in [-0.2, -0.15) is 5.26 Å². The number of hydrogen-bond donors (Lipinski definition) is 1. The summed E-state index contributed by atoms with van der Waals surface area (Å²) in [5.74, 6) is 0.552. The summed E-state index contributed by atoms with van der Waals surface area (Å²) in [6.07, 6.45) is 6.31. The molecule has 0 unspecified atom stereocenters. The predicted octanol–water partition coefficient (Wildman–Crippen LogP) is 1.88. The second-order valence-corrected chi connectivity index (χ2v) is 4.19. The van der Waals surface area contributed by atoms with Crippen LogP contribution in [0, 0.1) is 11.3 Å². The van der Waals surface area contributed by atoms with Gasteiger partial charge in [-0.05, 0) is 30.2 Å². The molecule has 0 fully saturated rings. The summed E-state index contributed by atoms with van der Waals surface area (Å²) in [7, 11) is 1.69. The number of rotatable bonds is 4. The highest BCUT2D eigenvalue weighted by Gasteiger charge is 2.12. The fourth-order valence-electron chi connectivity index (χ4n) is 1.71. The minimum absolute atomic E-state index is 0.00147. The molecule has 96 valence electrons. The molecule has 5 heteroatoms. The van der Waals surface area contributed by atoms with E-state index in [1.165, 1.54) is 11.1 Å². The number of carbonyl (C=O) groups is 1. The van der Waals surface area contributed by atoms with Crippen LogP contribution in [0.2, 0.25) is 0 Å². The summed E-state index contributed by atoms with van der Waals surface area (Å²) in [6, 6.07) is 7.27. The lowest BCUT2D eigenvalue weighted by atomic mass is 10.2. The lowest BCUT2D eigenvalue weighted by Gasteiger charge is -2.15. The third-order valence-corrected chi connectivity index (χ3v) is 2.88. The molecule has 1 amide bonds. The van der Waals surface area contributed by atoms with Crippen molar-refractivity contribution in [2.75, 3.05) is 11.9 Å². The number of nitrogens with one attached hydrogen (secondary N) is 1. The smallest absolute Gasteiger partial charge is 0.228 e. The first-order valence-electron chi connectivity index (χ1n) is 5.95. The maximum atomic E-state index is 12.0. The van der Waals surface area contributed by atoms with Crippen LogP contribution in [0.4, 0.5) is 5.82 Å². The van der Waals surface area contributed by atoms with E-state index in [-0.39, 0.29) is 5.91 Å². The van der Waals surface area contributed by atoms with E-state index in [9.17, 15) is 4.79 Å². The summed E-state index contributed by atoms with van der Waals surface area (Å²) in [5, 5.41) is 8.69. The number of nitriles is 1. The predicted molar refractivity (Wildman–Crippen MR) is 71.5 cm³/mol. The van der Waals surface area contributed by atoms with Crippen molar-refractivity contribution in [1.82, 2.24) is 9.97 Å². The normalized spacial score (nSPS) is 9.89. The van der Waals surface area contributed by atoms with Gasteiger partial charge in [0.2, 0.25) is 5.91 Å². The zero-order valence-corrected chi connectivity index (χ0v) is 10.6. The minimum Gasteiger partial charge on any atom is -0.367 e. The van der Waals surface area contributed by atoms with E-state index in [2.05, 4.69) is 9.97 Å². The second kappa shape index (κ2) is 5.83. The van der Waals surface area contributed by atoms with E-state index in [0.29, 0.717) is 24.2 Å². The van der Waals surface area contributed by atoms with Crippen molar-refractivity contribution in [2.45, 2.75) is 12.8 Å². The van der Waals surface area contributed by atoms with Crippen LogP contribution in [0.25, 0.3) is 0 Å². The molecule has 0 aliphatic carbocycles. The third kappa shape index (κ3) is 3.19. The average molecular weight is 254 g/mol. The first kappa shape index (κ1) is 12.8. The Hall–Kier alpha value is -2.61. The van der Waals surface area contributed by atoms with E-state index >= 15 is 0 Å². The first-order chi connectivity index (χ1) is 9.20. The maximum Gasteiger partial charge on any atom is 0.228 e. The van der Waals surface area contributed by atoms with Crippen molar-refractivity contribution in [2.24, 2.45) is 0 Å². The number of hydrogen-bond acceptors (Lipinski definition) is 3. The number of carbonyl (C=O) groups excluding carboxylic acids is 1. The molecule has 0 spiro atoms. The highest BCUT2D eigenvalue weighted by Crippen LogP contribution is 2.11. The number of aryl methyl sites for hydroxylation is 1. The van der Waals surface area contributed by atoms with Crippen molar-refractivity contribution in [3.8, 4) is 6.07 Å². The summed E-state index contributed by atoms with van der Waals surface area (Å²) < 4.78 is 0. The Morgan fingerprint density at radius 2 is 2.32 bits per heavy atom. The van der Waals surface area contributed by atoms with Gasteiger partial charge in [0.25, 0.3) is 0 Å². The number of aromatic amines is 1. The first-order valence-corrected chi connectivity index (χ1v) is 5.95. The molecule has 5 nitrogen and oxygen atoms in total. The van der Waals surface area contributed by atoms with E-state index in [1.807, 2.05) is 24.5 Å². The van der Waals surface area contributed by atoms with Gasteiger partial charge in [-0.1, -0.05) is 0 Å². The van der Waals surface area contributed by atoms with Gasteiger partial charge in [-0.25, -0.2) is 4.98 Å². The van der Waals surface area contributed by atoms with E-state index in [1.54, 1.807) is 19.2 Å². The van der Waals surface area contributed by atoms with Crippen LogP contribution in [0.5, 0.6) is 0 Å². The molecule has 0 atom stereocenters. The minimum atomic E-state index is -0.00147. The number of anilines is 1. The van der Waals surface area contributed by atoms with Gasteiger partial charge in [0.1, 0.15) is 11.9 Å². The summed E-state index contributed by atoms with van der Waals surface area (Å²) in [4.78, 5) is 20.6. The zero-order chi connectivity index (χ0) is 13.7. The summed E-state index contributed by atoms with van der Waals surface area (Å²) >= 11 is 0. The van der Waals surface area contributed by atoms with Gasteiger partial charge >= 0.3 is 0 Å². The largest absolute Gasteiger partial charge is 0.367 e. The van der Waals surface area contributed by atoms with Crippen LogP contribution in [-0.4, -0.2) is 22.9 Å². The Morgan fingerprint density at radius 3 is 2.89 bits per heavy atom. The molecule has 2 rings (SSSR count). The SMILES string of the molecule is CN(C(=O)CCc1cc[nH]c1)c1ccc(C#N)cn1. The van der Waals surface area contributed by atoms with Crippen molar-refractivity contribution in [1.29, 1.82) is 5.26 Å². The topological polar surface area (TPSA) is 72.8 Å². The molecule has 0 aliphatic heterocycles. The Morgan fingerprint density at radius 1 is 1.47 bits per heavy atom. The highest BCUT2D eigenvalue weighted by atomic mass is 16.2. The molecule has 0 saturated heterocycles. The molecule has 2 aromatic heterocycles. The molecule has 2 aromatic rings. The molecule has 19 heavy (non-hydrogen) atoms. The van der Waals surface area contributed by atoms with Crippen LogP contribution >= 0.6 is 0 Å². The Bertz CT molecular complexity index is 581. The third-order valence-electron chi connectivity index (χ3n) is 2.88. The highest BCUT2D eigenvalue weighted by molar-refractivity contribution is 5.91. The maximum absolute atomic E-state index is 12.0. The zero-order valence-electron chi connectivity index (χ0n) is 10.6. The molecule has 0 radical (unpaired) electrons. The number of pyridine rings is 1. The van der Waals surface area contributed by atoms with Crippen LogP contribution in [0.1, 0.15) is 17.5 Å². The molecular formula is C14H14N4O. The van der Waals surface area contributed by atoms with Gasteiger partial charge in [-0.3, -0.25) is 9.69 Å². The Balaban J connectivity index is 1.96. The van der Waals surface area contributed by atoms with E-state index < -0.39 is 0 Å². The van der Waals surface area contributed by atoms with E-state index in [0.717, 1.165) is 5.56 Å². The Labute approximate surface area is 111 Å². The van der Waals surface area contributed by atoms with Gasteiger partial charge < -0.3 is 4.98 Å². The number of amides is 1. The molecule has 0 aromatic carbocycles. The Kier molecular flexibility index (Phi) is 3.94. The number of aromatic nitrogens is 2. The second-order valence-electron chi connectivity index (χ2n) is 4.19. The van der Waals surface area contributed by atoms with Gasteiger partial charge in [0.05, 0.1) is 5.56 Å². The summed E-state index contributed by atoms with van der Waals surface area (Å²) in [5.41, 5.74) is 1.59. The number of H-pyrrole nitrogens is 1. The van der Waals surface area contributed by atoms with Crippen molar-refractivity contribution >= 4 is 11.7 Å². The number of nitrogens with zero attached hydrogens (tertiary/aromatic N) is 3. The average Bonchev–Trinajstić information content (AvgIpc) is 2.97. The lowest BCUT2D eigenvalue weighted by molar-refractivity contribution is -0.118. The van der Waals surface area contributed by atoms with Crippen LogP contribution in [0.3, 0.4) is 0 Å². The monoisotopic (exact) mass is 254 g/mol. The van der Waals surface area contributed by atoms with Crippen molar-refractivity contribution < 1.29 is 4.79 Å². The quantitative estimate of drug-likeness (QED) is 0.905. The van der Waals surface area contributed by atoms with Gasteiger partial charge in [0, 0.05) is 32.1 Å². The van der Waals surface area contributed by atoms with Crippen LogP contribution in [-0.2, 0) is 11.2 Å². The molecule has 1 N–H and O–H groups in total. The molecule has 2 heterocycles. The molecular weight excluding hydrogens is 240 g/mol. The van der Waals surface area contributed by atoms with Crippen molar-refractivity contribution in [3.63, 3.8) is 0 Å². The standard InChI is InChI=1S/C14H14N4O/c1-18(13-4-2-12(8-15)10-17-13)14(19)5-3-11-6-7-16-9-11/h2,4,6-7,9-10,16H,3,5H2,1H3. The van der Waals surface area contributed by atoms with Crippen LogP contribution < -0.4 is 4.90 Å². The summed E-state index contributed by atoms with van der Waals surface area (Å²) in [6.45, 7) is 0. The lowest BCUT2D eigenvalue weighted by Crippen LogP contribution is -2.27. The fraction of sp³-hybridized carbons (Fsp3) is 0.214. The van der Waals surface area contributed by atoms with Gasteiger partial charge in [-0.15, -0.1) is 0 Å². The van der Waals surface area contributed by atoms with Gasteiger partial charge in [0.15, 0.2) is 0 Å². The molecule has 0 aliphatic rings.